The van der Waals surface area contributed by atoms with Crippen molar-refractivity contribution in [2.75, 3.05) is 13.2 Å². The second kappa shape index (κ2) is 5.27. The minimum atomic E-state index is 0.172. The second-order valence-electron chi connectivity index (χ2n) is 4.03. The molecule has 2 nitrogen and oxygen atoms in total. The summed E-state index contributed by atoms with van der Waals surface area (Å²) < 4.78 is 6.61. The maximum absolute atomic E-state index is 6.26. The summed E-state index contributed by atoms with van der Waals surface area (Å²) in [5.74, 6) is 0.582. The van der Waals surface area contributed by atoms with Crippen LogP contribution in [-0.2, 0) is 4.74 Å². The van der Waals surface area contributed by atoms with Crippen molar-refractivity contribution in [3.05, 3.63) is 33.4 Å². The zero-order chi connectivity index (χ0) is 10.7. The van der Waals surface area contributed by atoms with Gasteiger partial charge in [-0.15, -0.1) is 0 Å². The molecule has 1 heterocycles. The molecule has 1 saturated heterocycles. The molecule has 1 aromatic rings. The highest BCUT2D eigenvalue weighted by Crippen LogP contribution is 2.28. The third kappa shape index (κ3) is 2.92. The Morgan fingerprint density at radius 1 is 1.20 bits per heavy atom. The summed E-state index contributed by atoms with van der Waals surface area (Å²) in [4.78, 5) is 0. The molecule has 1 aliphatic rings. The molecule has 0 saturated carbocycles. The molecule has 0 spiro atoms. The minimum absolute atomic E-state index is 0.172. The first-order valence-electron chi connectivity index (χ1n) is 5.36. The van der Waals surface area contributed by atoms with E-state index in [-0.39, 0.29) is 6.04 Å². The fourth-order valence-electron chi connectivity index (χ4n) is 2.03. The normalized spacial score (nSPS) is 20.1. The molecule has 0 bridgehead atoms. The van der Waals surface area contributed by atoms with Gasteiger partial charge in [0, 0.05) is 22.8 Å². The Morgan fingerprint density at radius 3 is 2.40 bits per heavy atom. The fourth-order valence-corrected chi connectivity index (χ4v) is 2.39. The van der Waals surface area contributed by atoms with E-state index in [1.165, 1.54) is 9.13 Å². The number of hydrogen-bond acceptors (Lipinski definition) is 2. The monoisotopic (exact) mass is 317 g/mol. The van der Waals surface area contributed by atoms with Crippen LogP contribution in [0.3, 0.4) is 0 Å². The van der Waals surface area contributed by atoms with Crippen LogP contribution in [0.15, 0.2) is 24.3 Å². The number of nitrogens with two attached hydrogens (primary N) is 1. The third-order valence-electron chi connectivity index (χ3n) is 3.03. The van der Waals surface area contributed by atoms with Gasteiger partial charge < -0.3 is 10.5 Å². The summed E-state index contributed by atoms with van der Waals surface area (Å²) in [5, 5.41) is 0. The van der Waals surface area contributed by atoms with Gasteiger partial charge in [0.2, 0.25) is 0 Å². The molecule has 0 radical (unpaired) electrons. The van der Waals surface area contributed by atoms with Crippen molar-refractivity contribution in [1.82, 2.24) is 0 Å². The average Bonchev–Trinajstić information content (AvgIpc) is 2.30. The van der Waals surface area contributed by atoms with E-state index in [0.29, 0.717) is 5.92 Å². The van der Waals surface area contributed by atoms with Crippen molar-refractivity contribution in [2.24, 2.45) is 11.7 Å². The van der Waals surface area contributed by atoms with Gasteiger partial charge in [-0.05, 0) is 59.0 Å². The highest BCUT2D eigenvalue weighted by Gasteiger charge is 2.21. The molecule has 82 valence electrons. The molecule has 0 amide bonds. The summed E-state index contributed by atoms with van der Waals surface area (Å²) >= 11 is 2.31. The van der Waals surface area contributed by atoms with E-state index >= 15 is 0 Å². The van der Waals surface area contributed by atoms with Crippen LogP contribution in [0.2, 0.25) is 0 Å². The van der Waals surface area contributed by atoms with Crippen LogP contribution in [0.25, 0.3) is 0 Å². The predicted molar refractivity (Wildman–Crippen MR) is 69.6 cm³/mol. The van der Waals surface area contributed by atoms with Gasteiger partial charge >= 0.3 is 0 Å². The van der Waals surface area contributed by atoms with E-state index in [1.54, 1.807) is 0 Å². The van der Waals surface area contributed by atoms with Crippen molar-refractivity contribution < 1.29 is 4.74 Å². The molecule has 2 N–H and O–H groups in total. The second-order valence-corrected chi connectivity index (χ2v) is 5.27. The average molecular weight is 317 g/mol. The van der Waals surface area contributed by atoms with E-state index in [0.717, 1.165) is 26.1 Å². The van der Waals surface area contributed by atoms with Crippen molar-refractivity contribution >= 4 is 22.6 Å². The number of hydrogen-bond donors (Lipinski definition) is 1. The molecule has 3 heteroatoms. The summed E-state index contributed by atoms with van der Waals surface area (Å²) in [6.45, 7) is 1.73. The molecule has 1 fully saturated rings. The van der Waals surface area contributed by atoms with Crippen LogP contribution >= 0.6 is 22.6 Å². The van der Waals surface area contributed by atoms with E-state index in [4.69, 9.17) is 10.5 Å². The topological polar surface area (TPSA) is 35.2 Å². The highest BCUT2D eigenvalue weighted by atomic mass is 127. The Balaban J connectivity index is 2.05. The number of rotatable bonds is 2. The van der Waals surface area contributed by atoms with Gasteiger partial charge in [0.15, 0.2) is 0 Å². The van der Waals surface area contributed by atoms with E-state index < -0.39 is 0 Å². The lowest BCUT2D eigenvalue weighted by atomic mass is 9.88. The fraction of sp³-hybridized carbons (Fsp3) is 0.500. The molecule has 0 aromatic heterocycles. The lowest BCUT2D eigenvalue weighted by molar-refractivity contribution is 0.0584. The van der Waals surface area contributed by atoms with Crippen LogP contribution in [0.5, 0.6) is 0 Å². The Morgan fingerprint density at radius 2 is 1.80 bits per heavy atom. The smallest absolute Gasteiger partial charge is 0.0469 e. The molecule has 0 aliphatic carbocycles. The lowest BCUT2D eigenvalue weighted by Gasteiger charge is -2.27. The van der Waals surface area contributed by atoms with Gasteiger partial charge in [0.25, 0.3) is 0 Å². The van der Waals surface area contributed by atoms with E-state index in [2.05, 4.69) is 46.9 Å². The molecule has 0 unspecified atom stereocenters. The number of benzene rings is 1. The molecular formula is C12H16INO. The number of halogens is 1. The SMILES string of the molecule is N[C@@H](c1ccc(I)cc1)C1CCOCC1. The first-order chi connectivity index (χ1) is 7.27. The van der Waals surface area contributed by atoms with Gasteiger partial charge in [-0.25, -0.2) is 0 Å². The largest absolute Gasteiger partial charge is 0.381 e. The molecule has 2 rings (SSSR count). The third-order valence-corrected chi connectivity index (χ3v) is 3.75. The Bertz CT molecular complexity index is 306. The number of ether oxygens (including phenoxy) is 1. The van der Waals surface area contributed by atoms with Crippen LogP contribution in [0.1, 0.15) is 24.4 Å². The van der Waals surface area contributed by atoms with Crippen molar-refractivity contribution in [3.63, 3.8) is 0 Å². The summed E-state index contributed by atoms with van der Waals surface area (Å²) in [7, 11) is 0. The Labute approximate surface area is 104 Å². The van der Waals surface area contributed by atoms with E-state index in [9.17, 15) is 0 Å². The highest BCUT2D eigenvalue weighted by molar-refractivity contribution is 14.1. The Hall–Kier alpha value is -0.130. The zero-order valence-electron chi connectivity index (χ0n) is 8.66. The van der Waals surface area contributed by atoms with Gasteiger partial charge in [0.1, 0.15) is 0 Å². The van der Waals surface area contributed by atoms with Gasteiger partial charge in [-0.1, -0.05) is 12.1 Å². The molecule has 15 heavy (non-hydrogen) atoms. The molecule has 1 atom stereocenters. The standard InChI is InChI=1S/C12H16INO/c13-11-3-1-9(2-4-11)12(14)10-5-7-15-8-6-10/h1-4,10,12H,5-8,14H2/t12-/m0/s1. The summed E-state index contributed by atoms with van der Waals surface area (Å²) in [6, 6.07) is 8.69. The first-order valence-corrected chi connectivity index (χ1v) is 6.44. The maximum Gasteiger partial charge on any atom is 0.0469 e. The maximum atomic E-state index is 6.26. The predicted octanol–water partition coefficient (Wildman–Crippen LogP) is 2.72. The van der Waals surface area contributed by atoms with Crippen molar-refractivity contribution in [1.29, 1.82) is 0 Å². The van der Waals surface area contributed by atoms with Gasteiger partial charge in [-0.2, -0.15) is 0 Å². The minimum Gasteiger partial charge on any atom is -0.381 e. The summed E-state index contributed by atoms with van der Waals surface area (Å²) in [6.07, 6.45) is 2.18. The van der Waals surface area contributed by atoms with Gasteiger partial charge in [0.05, 0.1) is 0 Å². The lowest BCUT2D eigenvalue weighted by Crippen LogP contribution is -2.27. The van der Waals surface area contributed by atoms with Gasteiger partial charge in [-0.3, -0.25) is 0 Å². The zero-order valence-corrected chi connectivity index (χ0v) is 10.8. The van der Waals surface area contributed by atoms with Crippen molar-refractivity contribution in [2.45, 2.75) is 18.9 Å². The quantitative estimate of drug-likeness (QED) is 0.851. The molecule has 1 aromatic carbocycles. The molecule has 1 aliphatic heterocycles. The van der Waals surface area contributed by atoms with Crippen molar-refractivity contribution in [3.8, 4) is 0 Å². The summed E-state index contributed by atoms with van der Waals surface area (Å²) in [5.41, 5.74) is 7.51. The van der Waals surface area contributed by atoms with Crippen LogP contribution in [0.4, 0.5) is 0 Å². The van der Waals surface area contributed by atoms with Crippen LogP contribution < -0.4 is 5.73 Å². The molecular weight excluding hydrogens is 301 g/mol. The van der Waals surface area contributed by atoms with E-state index in [1.807, 2.05) is 0 Å². The first kappa shape index (κ1) is 11.4. The Kier molecular flexibility index (Phi) is 3.99. The van der Waals surface area contributed by atoms with Crippen LogP contribution in [-0.4, -0.2) is 13.2 Å². The van der Waals surface area contributed by atoms with Crippen LogP contribution in [0, 0.1) is 9.49 Å².